The monoisotopic (exact) mass is 3530 g/mol. The summed E-state index contributed by atoms with van der Waals surface area (Å²) in [6, 6.07) is 36.4. The normalized spacial score (nSPS) is 15.3. The van der Waals surface area contributed by atoms with Gasteiger partial charge < -0.3 is 29.3 Å². The summed E-state index contributed by atoms with van der Waals surface area (Å²) in [6.07, 6.45) is 32.8. The summed E-state index contributed by atoms with van der Waals surface area (Å²) < 4.78 is 54.2. The van der Waals surface area contributed by atoms with E-state index < -0.39 is 16.6 Å². The number of unbranched alkanes of at least 4 members (excludes halogenated alkanes) is 17. The van der Waals surface area contributed by atoms with Crippen molar-refractivity contribution in [2.24, 2.45) is 5.41 Å². The Morgan fingerprint density at radius 2 is 0.744 bits per heavy atom. The number of esters is 3. The topological polar surface area (TPSA) is 140 Å². The third-order valence-electron chi connectivity index (χ3n) is 18.1. The van der Waals surface area contributed by atoms with Crippen molar-refractivity contribution in [1.29, 1.82) is 0 Å². The minimum absolute atomic E-state index is 0. The lowest BCUT2D eigenvalue weighted by Crippen LogP contribution is -2.33. The van der Waals surface area contributed by atoms with Crippen LogP contribution in [-0.2, 0) is 28.6 Å². The summed E-state index contributed by atoms with van der Waals surface area (Å²) >= 11 is 80.8. The van der Waals surface area contributed by atoms with Crippen LogP contribution < -0.4 is 0 Å². The van der Waals surface area contributed by atoms with E-state index in [1.165, 1.54) is 200 Å². The van der Waals surface area contributed by atoms with Crippen LogP contribution in [0.4, 0.5) is 13.2 Å². The average Bonchev–Trinajstić information content (AvgIpc) is 1.64. The molecular weight excluding hydrogens is 3410 g/mol. The fraction of sp³-hybridized carbons (Fsp3) is 0.705. The number of carbonyl (C=O) groups is 4. The maximum atomic E-state index is 12.6. The molecule has 0 aromatic heterocycles. The lowest BCUT2D eigenvalue weighted by atomic mass is 9.97. The first-order chi connectivity index (χ1) is 62.9. The number of carbonyl (C=O) groups excluding carboxylic acids is 4. The quantitative estimate of drug-likeness (QED) is 0.0144. The minimum Gasteiger partial charge on any atom is -0.465 e. The largest absolute Gasteiger partial charge is 0.465 e. The molecule has 6 rings (SSSR count). The lowest BCUT2D eigenvalue weighted by Gasteiger charge is -2.23. The summed E-state index contributed by atoms with van der Waals surface area (Å²) in [5, 5.41) is 24.1. The molecule has 0 bridgehead atoms. The molecule has 0 spiro atoms. The number of hydrogen-bond acceptors (Lipinski definition) is 10. The van der Waals surface area contributed by atoms with Crippen molar-refractivity contribution in [3.63, 3.8) is 0 Å². The van der Waals surface area contributed by atoms with E-state index in [-0.39, 0.29) is 93.8 Å². The van der Waals surface area contributed by atoms with Crippen molar-refractivity contribution in [3.05, 3.63) is 143 Å². The van der Waals surface area contributed by atoms with Gasteiger partial charge in [-0.1, -0.05) is 589 Å². The predicted octanol–water partition coefficient (Wildman–Crippen LogP) is 39.2. The van der Waals surface area contributed by atoms with Gasteiger partial charge in [0.1, 0.15) is 24.9 Å². The van der Waals surface area contributed by atoms with Crippen LogP contribution in [0.25, 0.3) is 0 Å². The average molecular weight is 3550 g/mol. The van der Waals surface area contributed by atoms with E-state index in [2.05, 4.69) is 431 Å². The summed E-state index contributed by atoms with van der Waals surface area (Å²) in [5.74, 6) is 0.688. The molecule has 0 heterocycles. The standard InChI is InChI=1S/C15H10Br2O.C14H12Br2.C12H24Br2.C10H16Br2O4.C8H14Br2O2.C8H16I2.C6H10Br2.C6H12Br2.C5H10Br2O2.C5H11Cl2N.C3H3Br2F3.C3H6I2.ClH/c16-13-9-5-1-3-7-11(9)15(18)12-8-4-2-6-10(12)14(13)17;15-13(11-7-3-1-4-8-11)14(16)12-9-5-2-6-10-12;13-11-9-7-5-3-1-2-4-6-8-10-12-14;1-3-15-9(13)7(11)5-6-8(12)10(14)16-4-2;1-8(2,3)12-7(11)6(10)4-5-9;9-7-5-3-1-2-4-6-8-10;7-5-3-1-2-4-6(5)8;7-5-3-1-2-4-6-8;6-1-5(2-7,3-8)4-9;1-8(4-2-6)5-3-7;4-1-2(5)3(6,7)8;4-2-1-3-5;/h1-8,13-14H;1-10,13-14H;1-12H2;7-8H,3-6H2,1-2H3;6H,4-5H2,1-3H3;1-8H2;5-6H,1-4H2;1-6H2;8-9H,1-4H2;2-5H2,1H3;2H,1H2;1-3H2;1H/t;13-,14+;;7-,8+;;;5-,6-;;;;;;/m......0....../s1. The van der Waals surface area contributed by atoms with E-state index in [9.17, 15) is 32.3 Å². The molecule has 38 heteroatoms. The molecule has 2 aliphatic carbocycles. The number of halogens is 28. The molecule has 2 aliphatic rings. The molecule has 4 aromatic rings. The molecule has 133 heavy (non-hydrogen) atoms. The number of ether oxygens (including phenoxy) is 3. The second-order valence-electron chi connectivity index (χ2n) is 30.6. The summed E-state index contributed by atoms with van der Waals surface area (Å²) in [4.78, 5) is 48.3. The Balaban J connectivity index is -0.000000264. The number of benzene rings is 4. The van der Waals surface area contributed by atoms with E-state index in [0.717, 1.165) is 67.4 Å². The molecule has 4 unspecified atom stereocenters. The van der Waals surface area contributed by atoms with Crippen molar-refractivity contribution in [1.82, 2.24) is 4.90 Å². The first kappa shape index (κ1) is 153. The predicted molar refractivity (Wildman–Crippen MR) is 675 cm³/mol. The fourth-order valence-corrected chi connectivity index (χ4v) is 23.8. The van der Waals surface area contributed by atoms with E-state index in [0.29, 0.717) is 48.5 Å². The zero-order chi connectivity index (χ0) is 101. The van der Waals surface area contributed by atoms with Gasteiger partial charge in [0.25, 0.3) is 0 Å². The molecule has 780 valence electrons. The smallest absolute Gasteiger partial charge is 0.402 e. The van der Waals surface area contributed by atoms with Crippen LogP contribution in [0.5, 0.6) is 0 Å². The Kier molecular flexibility index (Phi) is 124. The van der Waals surface area contributed by atoms with Crippen LogP contribution in [0.3, 0.4) is 0 Å². The Bertz CT molecular complexity index is 3070. The van der Waals surface area contributed by atoms with Gasteiger partial charge in [-0.05, 0) is 150 Å². The van der Waals surface area contributed by atoms with Crippen LogP contribution in [0.1, 0.15) is 272 Å². The van der Waals surface area contributed by atoms with Crippen LogP contribution in [-0.4, -0.2) is 198 Å². The van der Waals surface area contributed by atoms with E-state index in [1.807, 2.05) is 88.5 Å². The second kappa shape index (κ2) is 107. The van der Waals surface area contributed by atoms with Crippen LogP contribution in [0, 0.1) is 5.41 Å². The Labute approximate surface area is 1020 Å². The lowest BCUT2D eigenvalue weighted by molar-refractivity contribution is -0.154. The van der Waals surface area contributed by atoms with Crippen LogP contribution in [0.15, 0.2) is 109 Å². The van der Waals surface area contributed by atoms with Crippen LogP contribution in [0.2, 0.25) is 0 Å². The van der Waals surface area contributed by atoms with Crippen molar-refractivity contribution >= 4 is 436 Å². The molecule has 10 nitrogen and oxygen atoms in total. The maximum absolute atomic E-state index is 12.6. The van der Waals surface area contributed by atoms with Crippen molar-refractivity contribution in [3.8, 4) is 0 Å². The van der Waals surface area contributed by atoms with Gasteiger partial charge in [-0.25, -0.2) is 0 Å². The minimum atomic E-state index is -4.12. The van der Waals surface area contributed by atoms with Gasteiger partial charge in [0, 0.05) is 103 Å². The molecule has 0 amide bonds. The second-order valence-corrected chi connectivity index (χ2v) is 52.1. The molecule has 0 aliphatic heterocycles. The van der Waals surface area contributed by atoms with Gasteiger partial charge in [0.2, 0.25) is 0 Å². The zero-order valence-corrected chi connectivity index (χ0v) is 117. The van der Waals surface area contributed by atoms with Gasteiger partial charge in [-0.2, -0.15) is 13.2 Å². The van der Waals surface area contributed by atoms with Crippen molar-refractivity contribution < 1.29 is 56.8 Å². The highest BCUT2D eigenvalue weighted by Gasteiger charge is 2.37. The number of ketones is 1. The molecular formula is C95H145Br18Cl3F3I4NO9. The molecule has 2 N–H and O–H groups in total. The molecule has 0 saturated heterocycles. The number of aliphatic hydroxyl groups is 2. The number of nitrogens with zero attached hydrogens (tertiary/aromatic N) is 1. The SMILES string of the molecule is BrCCCCCCBr.BrCCCCCCCCCCCCBr.Br[C@H](c1ccccc1)[C@@H](Br)c1ccccc1.Br[C@H]1CCCC[C@@H]1Br.CC(C)(C)OC(=O)C(Br)CCBr.CCOC(=O)[C@H](Br)CC[C@H](Br)C(=O)OCC.CN(CCCl)CCCl.Cl.FC(F)(F)C(Br)CBr.ICCCCCCCCI.ICCCI.O=C1c2ccccc2C(Br)C(Br)c2ccccc21.OCC(CO)(CBr)CBr. The van der Waals surface area contributed by atoms with Gasteiger partial charge in [-0.3, -0.25) is 19.2 Å². The first-order valence-corrected chi connectivity index (χ1v) is 69.8. The fourth-order valence-electron chi connectivity index (χ4n) is 10.4. The Hall–Kier alpha value is 7.06. The summed E-state index contributed by atoms with van der Waals surface area (Å²) in [7, 11) is 2.00. The van der Waals surface area contributed by atoms with Crippen LogP contribution >= 0.6 is 413 Å². The van der Waals surface area contributed by atoms with E-state index in [1.54, 1.807) is 13.8 Å². The molecule has 0 radical (unpaired) electrons. The van der Waals surface area contributed by atoms with E-state index in [4.69, 9.17) is 47.6 Å². The van der Waals surface area contributed by atoms with Gasteiger partial charge in [0.15, 0.2) is 5.78 Å². The highest BCUT2D eigenvalue weighted by molar-refractivity contribution is 14.1. The highest BCUT2D eigenvalue weighted by Crippen LogP contribution is 2.48. The third-order valence-corrected chi connectivity index (χ3v) is 39.9. The highest BCUT2D eigenvalue weighted by atomic mass is 127. The van der Waals surface area contributed by atoms with E-state index >= 15 is 0 Å². The first-order valence-electron chi connectivity index (χ1n) is 44.5. The van der Waals surface area contributed by atoms with Crippen molar-refractivity contribution in [2.45, 2.75) is 274 Å². The zero-order valence-electron chi connectivity index (χ0n) is 77.4. The third kappa shape index (κ3) is 90.3. The summed E-state index contributed by atoms with van der Waals surface area (Å²) in [5.41, 5.74) is 5.44. The molecule has 4 aromatic carbocycles. The summed E-state index contributed by atoms with van der Waals surface area (Å²) in [6.45, 7) is 11.7. The van der Waals surface area contributed by atoms with Gasteiger partial charge in [0.05, 0.1) is 45.7 Å². The number of aliphatic hydroxyl groups excluding tert-OH is 2. The van der Waals surface area contributed by atoms with Crippen molar-refractivity contribution in [2.75, 3.05) is 119 Å². The molecule has 1 fully saturated rings. The maximum Gasteiger partial charge on any atom is 0.402 e. The Morgan fingerprint density at radius 3 is 0.970 bits per heavy atom. The number of hydrogen-bond donors (Lipinski definition) is 2. The van der Waals surface area contributed by atoms with Gasteiger partial charge in [-0.15, -0.1) is 35.6 Å². The number of fused-ring (bicyclic) bond motifs is 2. The molecule has 1 saturated carbocycles. The van der Waals surface area contributed by atoms with Gasteiger partial charge >= 0.3 is 24.1 Å². The number of rotatable bonds is 47. The molecule has 10 atom stereocenters. The number of alkyl halides is 27. The Morgan fingerprint density at radius 1 is 0.451 bits per heavy atom.